The lowest BCUT2D eigenvalue weighted by molar-refractivity contribution is 0.0358. The van der Waals surface area contributed by atoms with Crippen molar-refractivity contribution in [2.75, 3.05) is 13.2 Å². The molecule has 372 valence electrons. The Balaban J connectivity index is 0.000000162. The molecule has 4 saturated carbocycles. The highest BCUT2D eigenvalue weighted by Crippen LogP contribution is 2.49. The number of carbonyl (C=O) groups excluding carboxylic acids is 2. The largest absolute Gasteiger partial charge is 0.471 e. The zero-order chi connectivity index (χ0) is 49.2. The van der Waals surface area contributed by atoms with Crippen molar-refractivity contribution in [1.82, 2.24) is 29.9 Å². The Kier molecular flexibility index (Phi) is 11.6. The van der Waals surface area contributed by atoms with Crippen LogP contribution in [0.25, 0.3) is 21.5 Å². The van der Waals surface area contributed by atoms with E-state index in [1.165, 1.54) is 0 Å². The summed E-state index contributed by atoms with van der Waals surface area (Å²) in [7, 11) is 0. The van der Waals surface area contributed by atoms with E-state index in [4.69, 9.17) is 60.3 Å². The lowest BCUT2D eigenvalue weighted by atomic mass is 9.84. The first-order valence-corrected chi connectivity index (χ1v) is 25.0. The Bertz CT molecular complexity index is 2920. The molecule has 0 amide bonds. The van der Waals surface area contributed by atoms with Gasteiger partial charge in [0.2, 0.25) is 11.8 Å². The monoisotopic (exact) mass is 961 g/mol. The van der Waals surface area contributed by atoms with E-state index in [1.54, 1.807) is 0 Å². The fourth-order valence-electron chi connectivity index (χ4n) is 10.1. The molecule has 0 saturated heterocycles. The smallest absolute Gasteiger partial charge is 0.340 e. The van der Waals surface area contributed by atoms with Crippen molar-refractivity contribution in [3.8, 4) is 11.8 Å². The van der Waals surface area contributed by atoms with Gasteiger partial charge in [-0.1, -0.05) is 35.1 Å². The van der Waals surface area contributed by atoms with Gasteiger partial charge < -0.3 is 30.4 Å². The number of fused-ring (bicyclic) bond motifs is 4. The Morgan fingerprint density at radius 1 is 0.563 bits per heavy atom. The van der Waals surface area contributed by atoms with E-state index in [9.17, 15) is 9.59 Å². The summed E-state index contributed by atoms with van der Waals surface area (Å²) < 4.78 is 23.2. The lowest BCUT2D eigenvalue weighted by Gasteiger charge is -2.30. The number of aromatic nitrogens is 6. The van der Waals surface area contributed by atoms with Gasteiger partial charge in [-0.25, -0.2) is 19.6 Å². The van der Waals surface area contributed by atoms with Crippen LogP contribution in [-0.2, 0) is 44.2 Å². The maximum absolute atomic E-state index is 12.2. The highest BCUT2D eigenvalue weighted by molar-refractivity contribution is 5.93. The second kappa shape index (κ2) is 17.0. The van der Waals surface area contributed by atoms with E-state index in [-0.39, 0.29) is 41.4 Å². The number of nitrogens with two attached hydrogens (primary N) is 2. The molecule has 2 aliphatic heterocycles. The number of carbonyl (C=O) groups is 2. The summed E-state index contributed by atoms with van der Waals surface area (Å²) in [4.78, 5) is 53.1. The predicted molar refractivity (Wildman–Crippen MR) is 272 cm³/mol. The maximum atomic E-state index is 12.2. The molecule has 4 N–H and O–H groups in total. The molecule has 8 heterocycles. The molecule has 0 bridgehead atoms. The van der Waals surface area contributed by atoms with Crippen molar-refractivity contribution < 1.29 is 28.5 Å². The lowest BCUT2D eigenvalue weighted by Crippen LogP contribution is -2.36. The number of ether oxygens (including phenoxy) is 4. The second-order valence-corrected chi connectivity index (χ2v) is 23.3. The van der Waals surface area contributed by atoms with Crippen LogP contribution in [0.2, 0.25) is 0 Å². The Morgan fingerprint density at radius 3 is 1.30 bits per heavy atom. The molecule has 4 fully saturated rings. The minimum atomic E-state index is -0.458. The highest BCUT2D eigenvalue weighted by Gasteiger charge is 2.45. The SMILES string of the molecule is C.CC1(Oc2ncc([C@@](C)(N)C3CC3)c3cc(Cc4ccc5c(n4)C(C)(C)COC5=O)ncc23)CC1.CC1(Oc2ncc([C@](C)(N)C3CC3)c3cc(Cc4ccc5c(n4)C(C)(C)COC5=O)ncc23)CC1. The van der Waals surface area contributed by atoms with Crippen molar-refractivity contribution in [3.05, 3.63) is 118 Å². The van der Waals surface area contributed by atoms with Crippen molar-refractivity contribution in [3.63, 3.8) is 0 Å². The molecule has 4 aliphatic carbocycles. The molecule has 0 spiro atoms. The van der Waals surface area contributed by atoms with Crippen LogP contribution in [0.15, 0.2) is 61.2 Å². The minimum absolute atomic E-state index is 0. The summed E-state index contributed by atoms with van der Waals surface area (Å²) in [6.45, 7) is 17.3. The van der Waals surface area contributed by atoms with E-state index in [0.29, 0.717) is 60.8 Å². The van der Waals surface area contributed by atoms with E-state index in [2.05, 4.69) is 39.8 Å². The van der Waals surface area contributed by atoms with Crippen LogP contribution in [0, 0.1) is 11.8 Å². The van der Waals surface area contributed by atoms with Crippen molar-refractivity contribution in [2.24, 2.45) is 23.3 Å². The molecule has 6 aromatic heterocycles. The molecule has 14 nitrogen and oxygen atoms in total. The average Bonchev–Trinajstić information content (AvgIpc) is 4.09. The summed E-state index contributed by atoms with van der Waals surface area (Å²) >= 11 is 0. The van der Waals surface area contributed by atoms with E-state index in [1.807, 2.05) is 76.7 Å². The van der Waals surface area contributed by atoms with Gasteiger partial charge in [0, 0.05) is 82.3 Å². The van der Waals surface area contributed by atoms with Gasteiger partial charge in [0.1, 0.15) is 24.4 Å². The van der Waals surface area contributed by atoms with Gasteiger partial charge in [-0.3, -0.25) is 19.9 Å². The van der Waals surface area contributed by atoms with Gasteiger partial charge >= 0.3 is 11.9 Å². The van der Waals surface area contributed by atoms with Crippen LogP contribution < -0.4 is 20.9 Å². The third kappa shape index (κ3) is 9.33. The first-order valence-electron chi connectivity index (χ1n) is 25.0. The number of hydrogen-bond donors (Lipinski definition) is 2. The number of nitrogens with zero attached hydrogens (tertiary/aromatic N) is 6. The normalized spacial score (nSPS) is 21.4. The first-order chi connectivity index (χ1) is 33.1. The summed E-state index contributed by atoms with van der Waals surface area (Å²) in [5, 5.41) is 3.89. The number of cyclic esters (lactones) is 2. The summed E-state index contributed by atoms with van der Waals surface area (Å²) in [5.74, 6) is 1.56. The van der Waals surface area contributed by atoms with Crippen LogP contribution in [0.3, 0.4) is 0 Å². The molecule has 0 aromatic carbocycles. The third-order valence-corrected chi connectivity index (χ3v) is 15.7. The Labute approximate surface area is 416 Å². The number of hydrogen-bond acceptors (Lipinski definition) is 14. The second-order valence-electron chi connectivity index (χ2n) is 23.3. The van der Waals surface area contributed by atoms with Gasteiger partial charge in [-0.15, -0.1) is 0 Å². The van der Waals surface area contributed by atoms with Crippen LogP contribution in [0.4, 0.5) is 0 Å². The van der Waals surface area contributed by atoms with Crippen molar-refractivity contribution in [1.29, 1.82) is 0 Å². The summed E-state index contributed by atoms with van der Waals surface area (Å²) in [6.07, 6.45) is 17.3. The van der Waals surface area contributed by atoms with Gasteiger partial charge in [-0.05, 0) is 149 Å². The quantitative estimate of drug-likeness (QED) is 0.110. The standard InChI is InChI=1S/2C28H32N4O3.CH4/c2*1-26(2)15-34-25(33)19-8-7-17(32-23(19)26)11-18-12-20-21(13-30-18)24(35-27(3)9-10-27)31-14-22(20)28(4,29)16-5-6-16;/h2*7-8,12-14,16H,5-6,9-11,15,29H2,1-4H3;1H4/t2*28-;/m10./s1. The topological polar surface area (TPSA) is 200 Å². The Hall–Kier alpha value is -6.12. The van der Waals surface area contributed by atoms with Crippen LogP contribution in [0.1, 0.15) is 180 Å². The van der Waals surface area contributed by atoms with E-state index < -0.39 is 11.1 Å². The molecular weight excluding hydrogens is 893 g/mol. The molecule has 6 aromatic rings. The van der Waals surface area contributed by atoms with Crippen molar-refractivity contribution in [2.45, 2.75) is 160 Å². The zero-order valence-corrected chi connectivity index (χ0v) is 41.7. The van der Waals surface area contributed by atoms with Gasteiger partial charge in [0.25, 0.3) is 0 Å². The fraction of sp³-hybridized carbons (Fsp3) is 0.509. The molecule has 14 heteroatoms. The van der Waals surface area contributed by atoms with E-state index in [0.717, 1.165) is 118 Å². The first kappa shape index (κ1) is 48.5. The molecule has 2 atom stereocenters. The molecule has 6 aliphatic rings. The summed E-state index contributed by atoms with van der Waals surface area (Å²) in [5.41, 5.74) is 20.1. The number of esters is 2. The molecule has 0 radical (unpaired) electrons. The molecular formula is C57H68N8O6. The third-order valence-electron chi connectivity index (χ3n) is 15.7. The van der Waals surface area contributed by atoms with Gasteiger partial charge in [-0.2, -0.15) is 0 Å². The summed E-state index contributed by atoms with van der Waals surface area (Å²) in [6, 6.07) is 11.7. The molecule has 12 rings (SSSR count). The van der Waals surface area contributed by atoms with Crippen LogP contribution in [-0.4, -0.2) is 66.3 Å². The Morgan fingerprint density at radius 2 is 0.944 bits per heavy atom. The highest BCUT2D eigenvalue weighted by atomic mass is 16.5. The van der Waals surface area contributed by atoms with E-state index >= 15 is 0 Å². The number of pyridine rings is 6. The minimum Gasteiger partial charge on any atom is -0.471 e. The van der Waals surface area contributed by atoms with Crippen LogP contribution >= 0.6 is 0 Å². The maximum Gasteiger partial charge on any atom is 0.340 e. The van der Waals surface area contributed by atoms with Crippen molar-refractivity contribution >= 4 is 33.5 Å². The zero-order valence-electron chi connectivity index (χ0n) is 41.7. The van der Waals surface area contributed by atoms with Gasteiger partial charge in [0.15, 0.2) is 0 Å². The fourth-order valence-corrected chi connectivity index (χ4v) is 10.1. The van der Waals surface area contributed by atoms with Crippen LogP contribution in [0.5, 0.6) is 11.8 Å². The molecule has 0 unspecified atom stereocenters. The predicted octanol–water partition coefficient (Wildman–Crippen LogP) is 9.79. The molecule has 71 heavy (non-hydrogen) atoms. The average molecular weight is 961 g/mol. The number of rotatable bonds is 12. The van der Waals surface area contributed by atoms with Gasteiger partial charge in [0.05, 0.1) is 33.3 Å².